The SMILES string of the molecule is CCCCCCC(C)NC(=O)N1CCN(C(=O)COC)CC1. The van der Waals surface area contributed by atoms with Gasteiger partial charge in [-0.15, -0.1) is 0 Å². The highest BCUT2D eigenvalue weighted by Gasteiger charge is 2.24. The van der Waals surface area contributed by atoms with Gasteiger partial charge in [-0.2, -0.15) is 0 Å². The van der Waals surface area contributed by atoms with Crippen molar-refractivity contribution in [3.05, 3.63) is 0 Å². The van der Waals surface area contributed by atoms with Gasteiger partial charge in [-0.25, -0.2) is 4.79 Å². The van der Waals surface area contributed by atoms with Crippen LogP contribution in [0.25, 0.3) is 0 Å². The van der Waals surface area contributed by atoms with Crippen molar-refractivity contribution in [1.29, 1.82) is 0 Å². The van der Waals surface area contributed by atoms with Crippen molar-refractivity contribution in [3.8, 4) is 0 Å². The summed E-state index contributed by atoms with van der Waals surface area (Å²) in [5.74, 6) is -0.00755. The summed E-state index contributed by atoms with van der Waals surface area (Å²) < 4.78 is 4.85. The van der Waals surface area contributed by atoms with Crippen molar-refractivity contribution < 1.29 is 14.3 Å². The molecule has 128 valence electrons. The maximum Gasteiger partial charge on any atom is 0.317 e. The molecule has 22 heavy (non-hydrogen) atoms. The number of carbonyl (C=O) groups excluding carboxylic acids is 2. The van der Waals surface area contributed by atoms with Crippen LogP contribution >= 0.6 is 0 Å². The van der Waals surface area contributed by atoms with Crippen LogP contribution in [0.5, 0.6) is 0 Å². The number of unbranched alkanes of at least 4 members (excludes halogenated alkanes) is 3. The minimum absolute atomic E-state index is 0.00755. The third kappa shape index (κ3) is 6.64. The first-order valence-electron chi connectivity index (χ1n) is 8.40. The van der Waals surface area contributed by atoms with Crippen molar-refractivity contribution in [2.24, 2.45) is 0 Å². The number of urea groups is 1. The molecular formula is C16H31N3O3. The summed E-state index contributed by atoms with van der Waals surface area (Å²) in [6, 6.07) is 0.194. The molecule has 6 nitrogen and oxygen atoms in total. The minimum atomic E-state index is -0.0122. The zero-order valence-electron chi connectivity index (χ0n) is 14.3. The molecular weight excluding hydrogens is 282 g/mol. The molecule has 1 fully saturated rings. The van der Waals surface area contributed by atoms with E-state index < -0.39 is 0 Å². The lowest BCUT2D eigenvalue weighted by atomic mass is 10.1. The van der Waals surface area contributed by atoms with Crippen molar-refractivity contribution in [2.45, 2.75) is 52.0 Å². The van der Waals surface area contributed by atoms with E-state index >= 15 is 0 Å². The monoisotopic (exact) mass is 313 g/mol. The Balaban J connectivity index is 2.23. The highest BCUT2D eigenvalue weighted by Crippen LogP contribution is 2.07. The molecule has 1 heterocycles. The zero-order chi connectivity index (χ0) is 16.4. The van der Waals surface area contributed by atoms with Gasteiger partial charge >= 0.3 is 6.03 Å². The number of ether oxygens (including phenoxy) is 1. The lowest BCUT2D eigenvalue weighted by molar-refractivity contribution is -0.136. The number of nitrogens with zero attached hydrogens (tertiary/aromatic N) is 2. The number of nitrogens with one attached hydrogen (secondary N) is 1. The van der Waals surface area contributed by atoms with Crippen LogP contribution in [0.3, 0.4) is 0 Å². The Morgan fingerprint density at radius 3 is 2.32 bits per heavy atom. The summed E-state index contributed by atoms with van der Waals surface area (Å²) in [6.07, 6.45) is 5.91. The molecule has 1 saturated heterocycles. The minimum Gasteiger partial charge on any atom is -0.375 e. The Morgan fingerprint density at radius 2 is 1.73 bits per heavy atom. The molecule has 0 aromatic carbocycles. The maximum absolute atomic E-state index is 12.2. The van der Waals surface area contributed by atoms with Gasteiger partial charge in [0, 0.05) is 39.3 Å². The van der Waals surface area contributed by atoms with E-state index in [4.69, 9.17) is 4.74 Å². The number of methoxy groups -OCH3 is 1. The Kier molecular flexibility index (Phi) is 8.89. The molecule has 3 amide bonds. The topological polar surface area (TPSA) is 61.9 Å². The van der Waals surface area contributed by atoms with Crippen molar-refractivity contribution in [2.75, 3.05) is 39.9 Å². The fourth-order valence-corrected chi connectivity index (χ4v) is 2.63. The number of piperazine rings is 1. The van der Waals surface area contributed by atoms with Crippen molar-refractivity contribution in [3.63, 3.8) is 0 Å². The lowest BCUT2D eigenvalue weighted by Crippen LogP contribution is -2.54. The van der Waals surface area contributed by atoms with Gasteiger partial charge in [0.2, 0.25) is 5.91 Å². The lowest BCUT2D eigenvalue weighted by Gasteiger charge is -2.35. The number of hydrogen-bond acceptors (Lipinski definition) is 3. The van der Waals surface area contributed by atoms with Crippen LogP contribution in [-0.2, 0) is 9.53 Å². The normalized spacial score (nSPS) is 16.5. The predicted octanol–water partition coefficient (Wildman–Crippen LogP) is 1.85. The van der Waals surface area contributed by atoms with Gasteiger partial charge in [0.05, 0.1) is 0 Å². The fraction of sp³-hybridized carbons (Fsp3) is 0.875. The van der Waals surface area contributed by atoms with E-state index in [0.717, 1.165) is 12.8 Å². The molecule has 1 unspecified atom stereocenters. The largest absolute Gasteiger partial charge is 0.375 e. The molecule has 1 aliphatic heterocycles. The summed E-state index contributed by atoms with van der Waals surface area (Å²) >= 11 is 0. The van der Waals surface area contributed by atoms with Gasteiger partial charge < -0.3 is 19.9 Å². The summed E-state index contributed by atoms with van der Waals surface area (Å²) in [4.78, 5) is 27.4. The van der Waals surface area contributed by atoms with E-state index in [-0.39, 0.29) is 24.6 Å². The molecule has 0 radical (unpaired) electrons. The predicted molar refractivity (Wildman–Crippen MR) is 86.8 cm³/mol. The van der Waals surface area contributed by atoms with Crippen LogP contribution in [0.4, 0.5) is 4.79 Å². The Hall–Kier alpha value is -1.30. The van der Waals surface area contributed by atoms with Gasteiger partial charge in [0.25, 0.3) is 0 Å². The van der Waals surface area contributed by atoms with Gasteiger partial charge in [-0.3, -0.25) is 4.79 Å². The van der Waals surface area contributed by atoms with E-state index in [1.54, 1.807) is 9.80 Å². The average molecular weight is 313 g/mol. The third-order valence-corrected chi connectivity index (χ3v) is 4.05. The quantitative estimate of drug-likeness (QED) is 0.696. The van der Waals surface area contributed by atoms with Crippen molar-refractivity contribution in [1.82, 2.24) is 15.1 Å². The molecule has 0 saturated carbocycles. The highest BCUT2D eigenvalue weighted by molar-refractivity contribution is 5.78. The Morgan fingerprint density at radius 1 is 1.09 bits per heavy atom. The molecule has 6 heteroatoms. The van der Waals surface area contributed by atoms with E-state index in [2.05, 4.69) is 19.2 Å². The van der Waals surface area contributed by atoms with Crippen LogP contribution in [0.1, 0.15) is 46.0 Å². The van der Waals surface area contributed by atoms with Crippen molar-refractivity contribution >= 4 is 11.9 Å². The number of rotatable bonds is 8. The summed E-state index contributed by atoms with van der Waals surface area (Å²) in [6.45, 7) is 6.71. The van der Waals surface area contributed by atoms with E-state index in [0.29, 0.717) is 26.2 Å². The Labute approximate surface area is 134 Å². The van der Waals surface area contributed by atoms with Gasteiger partial charge in [-0.05, 0) is 13.3 Å². The molecule has 0 aliphatic carbocycles. The number of hydrogen-bond donors (Lipinski definition) is 1. The molecule has 0 aromatic rings. The second-order valence-corrected chi connectivity index (χ2v) is 6.00. The van der Waals surface area contributed by atoms with E-state index in [1.807, 2.05) is 0 Å². The third-order valence-electron chi connectivity index (χ3n) is 4.05. The highest BCUT2D eigenvalue weighted by atomic mass is 16.5. The smallest absolute Gasteiger partial charge is 0.317 e. The summed E-state index contributed by atoms with van der Waals surface area (Å²) in [5, 5.41) is 3.05. The average Bonchev–Trinajstić information content (AvgIpc) is 2.52. The number of amides is 3. The molecule has 1 N–H and O–H groups in total. The molecule has 0 bridgehead atoms. The van der Waals surface area contributed by atoms with Crippen LogP contribution in [0, 0.1) is 0 Å². The zero-order valence-corrected chi connectivity index (χ0v) is 14.3. The van der Waals surface area contributed by atoms with Crippen LogP contribution < -0.4 is 5.32 Å². The molecule has 1 atom stereocenters. The first-order chi connectivity index (χ1) is 10.6. The van der Waals surface area contributed by atoms with Gasteiger partial charge in [0.15, 0.2) is 0 Å². The maximum atomic E-state index is 12.2. The second-order valence-electron chi connectivity index (χ2n) is 6.00. The van der Waals surface area contributed by atoms with Gasteiger partial charge in [-0.1, -0.05) is 32.6 Å². The van der Waals surface area contributed by atoms with Gasteiger partial charge in [0.1, 0.15) is 6.61 Å². The number of carbonyl (C=O) groups is 2. The van der Waals surface area contributed by atoms with E-state index in [9.17, 15) is 9.59 Å². The first kappa shape index (κ1) is 18.7. The molecule has 0 aromatic heterocycles. The standard InChI is InChI=1S/C16H31N3O3/c1-4-5-6-7-8-14(2)17-16(21)19-11-9-18(10-12-19)15(20)13-22-3/h14H,4-13H2,1-3H3,(H,17,21). The van der Waals surface area contributed by atoms with E-state index in [1.165, 1.54) is 26.4 Å². The summed E-state index contributed by atoms with van der Waals surface area (Å²) in [5.41, 5.74) is 0. The first-order valence-corrected chi connectivity index (χ1v) is 8.40. The van der Waals surface area contributed by atoms with Crippen LogP contribution in [0.2, 0.25) is 0 Å². The fourth-order valence-electron chi connectivity index (χ4n) is 2.63. The molecule has 1 rings (SSSR count). The molecule has 1 aliphatic rings. The second kappa shape index (κ2) is 10.4. The molecule has 0 spiro atoms. The van der Waals surface area contributed by atoms with Crippen LogP contribution in [0.15, 0.2) is 0 Å². The summed E-state index contributed by atoms with van der Waals surface area (Å²) in [7, 11) is 1.52. The van der Waals surface area contributed by atoms with Crippen LogP contribution in [-0.4, -0.2) is 67.7 Å². The Bertz CT molecular complexity index is 342.